The van der Waals surface area contributed by atoms with Crippen molar-refractivity contribution in [3.8, 4) is 0 Å². The zero-order valence-corrected chi connectivity index (χ0v) is 18.7. The average Bonchev–Trinajstić information content (AvgIpc) is 2.65. The molecule has 0 spiro atoms. The van der Waals surface area contributed by atoms with Gasteiger partial charge in [-0.3, -0.25) is 4.57 Å². The molecule has 0 amide bonds. The minimum atomic E-state index is -2.98. The molecule has 1 aliphatic rings. The number of allylic oxidation sites excluding steroid dienone is 1. The fourth-order valence-electron chi connectivity index (χ4n) is 4.16. The Morgan fingerprint density at radius 2 is 1.89 bits per heavy atom. The zero-order chi connectivity index (χ0) is 19.7. The van der Waals surface area contributed by atoms with E-state index in [-0.39, 0.29) is 6.10 Å². The van der Waals surface area contributed by atoms with Crippen molar-refractivity contribution in [2.45, 2.75) is 85.2 Å². The molecular formula is C24H39O2P. The predicted octanol–water partition coefficient (Wildman–Crippen LogP) is 7.55. The first-order valence-corrected chi connectivity index (χ1v) is 12.7. The molecule has 1 unspecified atom stereocenters. The van der Waals surface area contributed by atoms with Gasteiger partial charge in [0.05, 0.1) is 6.10 Å². The van der Waals surface area contributed by atoms with Gasteiger partial charge in [-0.25, -0.2) is 0 Å². The highest BCUT2D eigenvalue weighted by atomic mass is 31.2. The molecule has 2 nitrogen and oxygen atoms in total. The molecule has 2 rings (SSSR count). The van der Waals surface area contributed by atoms with E-state index in [0.717, 1.165) is 24.6 Å². The smallest absolute Gasteiger partial charge is 0.254 e. The van der Waals surface area contributed by atoms with Gasteiger partial charge in [-0.1, -0.05) is 77.7 Å². The van der Waals surface area contributed by atoms with Crippen molar-refractivity contribution in [1.82, 2.24) is 0 Å². The van der Waals surface area contributed by atoms with Crippen molar-refractivity contribution < 1.29 is 9.09 Å². The summed E-state index contributed by atoms with van der Waals surface area (Å²) in [4.78, 5) is 0. The Morgan fingerprint density at radius 1 is 1.15 bits per heavy atom. The van der Waals surface area contributed by atoms with Gasteiger partial charge in [-0.2, -0.15) is 0 Å². The van der Waals surface area contributed by atoms with E-state index in [1.165, 1.54) is 32.1 Å². The van der Waals surface area contributed by atoms with E-state index in [1.807, 2.05) is 36.1 Å². The molecule has 152 valence electrons. The Hall–Kier alpha value is -0.850. The maximum absolute atomic E-state index is 13.9. The second kappa shape index (κ2) is 11.2. The molecule has 0 aromatic heterocycles. The van der Waals surface area contributed by atoms with Crippen molar-refractivity contribution in [3.05, 3.63) is 42.2 Å². The molecule has 3 heteroatoms. The highest BCUT2D eigenvalue weighted by molar-refractivity contribution is 7.70. The van der Waals surface area contributed by atoms with Gasteiger partial charge >= 0.3 is 0 Å². The van der Waals surface area contributed by atoms with Crippen molar-refractivity contribution >= 4 is 12.7 Å². The lowest BCUT2D eigenvalue weighted by molar-refractivity contribution is 0.0512. The van der Waals surface area contributed by atoms with E-state index in [1.54, 1.807) is 0 Å². The lowest BCUT2D eigenvalue weighted by atomic mass is 9.75. The largest absolute Gasteiger partial charge is 0.319 e. The summed E-state index contributed by atoms with van der Waals surface area (Å²) in [5.41, 5.74) is 0. The van der Waals surface area contributed by atoms with Crippen LogP contribution in [0, 0.1) is 17.8 Å². The summed E-state index contributed by atoms with van der Waals surface area (Å²) in [6.45, 7) is 9.07. The molecule has 4 atom stereocenters. The summed E-state index contributed by atoms with van der Waals surface area (Å²) >= 11 is 0. The second-order valence-corrected chi connectivity index (χ2v) is 10.9. The first-order valence-electron chi connectivity index (χ1n) is 11.0. The van der Waals surface area contributed by atoms with Crippen LogP contribution in [0.3, 0.4) is 0 Å². The molecule has 27 heavy (non-hydrogen) atoms. The number of rotatable bonds is 10. The third kappa shape index (κ3) is 6.91. The highest BCUT2D eigenvalue weighted by Gasteiger charge is 2.36. The Labute approximate surface area is 167 Å². The molecule has 1 aromatic carbocycles. The molecule has 1 saturated carbocycles. The molecule has 0 N–H and O–H groups in total. The van der Waals surface area contributed by atoms with Crippen LogP contribution >= 0.6 is 7.37 Å². The summed E-state index contributed by atoms with van der Waals surface area (Å²) in [5.74, 6) is 3.60. The predicted molar refractivity (Wildman–Crippen MR) is 118 cm³/mol. The lowest BCUT2D eigenvalue weighted by Gasteiger charge is -2.38. The molecule has 0 radical (unpaired) electrons. The molecule has 0 bridgehead atoms. The van der Waals surface area contributed by atoms with Crippen LogP contribution in [0.4, 0.5) is 0 Å². The lowest BCUT2D eigenvalue weighted by Crippen LogP contribution is -2.34. The minimum absolute atomic E-state index is 0.0875. The molecular weight excluding hydrogens is 351 g/mol. The summed E-state index contributed by atoms with van der Waals surface area (Å²) in [6, 6.07) is 9.81. The van der Waals surface area contributed by atoms with Crippen molar-refractivity contribution in [2.75, 3.05) is 0 Å². The van der Waals surface area contributed by atoms with Crippen LogP contribution in [0.15, 0.2) is 42.2 Å². The first kappa shape index (κ1) is 22.4. The van der Waals surface area contributed by atoms with Crippen molar-refractivity contribution in [1.29, 1.82) is 0 Å². The van der Waals surface area contributed by atoms with Gasteiger partial charge < -0.3 is 4.52 Å². The standard InChI is InChI=1S/C24H39O2P/c1-5-6-7-8-9-13-18-27(25,22-14-11-10-12-15-22)26-24-19-21(4)16-17-23(24)20(2)3/h10-15,18,20-21,23-24H,5-9,16-17,19H2,1-4H3/b18-13-/t21-,23+,24-,27?/m1/s1. The number of hydrogen-bond acceptors (Lipinski definition) is 2. The highest BCUT2D eigenvalue weighted by Crippen LogP contribution is 2.52. The van der Waals surface area contributed by atoms with E-state index in [0.29, 0.717) is 17.8 Å². The molecule has 1 aromatic rings. The quantitative estimate of drug-likeness (QED) is 0.304. The molecule has 0 aliphatic heterocycles. The number of unbranched alkanes of at least 4 members (excludes halogenated alkanes) is 4. The van der Waals surface area contributed by atoms with E-state index >= 15 is 0 Å². The van der Waals surface area contributed by atoms with Crippen LogP contribution in [0.2, 0.25) is 0 Å². The van der Waals surface area contributed by atoms with Gasteiger partial charge in [0, 0.05) is 11.1 Å². The fraction of sp³-hybridized carbons (Fsp3) is 0.667. The number of hydrogen-bond donors (Lipinski definition) is 0. The number of benzene rings is 1. The monoisotopic (exact) mass is 390 g/mol. The maximum atomic E-state index is 13.9. The second-order valence-electron chi connectivity index (χ2n) is 8.64. The third-order valence-electron chi connectivity index (χ3n) is 5.90. The topological polar surface area (TPSA) is 26.3 Å². The van der Waals surface area contributed by atoms with E-state index in [9.17, 15) is 4.57 Å². The van der Waals surface area contributed by atoms with Gasteiger partial charge in [-0.05, 0) is 55.6 Å². The summed E-state index contributed by atoms with van der Waals surface area (Å²) in [7, 11) is -2.98. The molecule has 0 heterocycles. The Bertz CT molecular complexity index is 608. The normalized spacial score (nSPS) is 25.7. The van der Waals surface area contributed by atoms with Crippen LogP contribution in [0.1, 0.15) is 79.1 Å². The minimum Gasteiger partial charge on any atom is -0.319 e. The van der Waals surface area contributed by atoms with E-state index < -0.39 is 7.37 Å². The van der Waals surface area contributed by atoms with Crippen LogP contribution in [-0.2, 0) is 9.09 Å². The zero-order valence-electron chi connectivity index (χ0n) is 17.8. The molecule has 1 fully saturated rings. The summed E-state index contributed by atoms with van der Waals surface area (Å²) in [6.07, 6.45) is 11.5. The van der Waals surface area contributed by atoms with Gasteiger partial charge in [0.2, 0.25) is 0 Å². The molecule has 1 aliphatic carbocycles. The Balaban J connectivity index is 2.16. The van der Waals surface area contributed by atoms with Crippen LogP contribution < -0.4 is 5.30 Å². The van der Waals surface area contributed by atoms with Gasteiger partial charge in [-0.15, -0.1) is 0 Å². The van der Waals surface area contributed by atoms with Gasteiger partial charge in [0.25, 0.3) is 7.37 Å². The SMILES string of the molecule is CCCCCC/C=C\P(=O)(O[C@@H]1C[C@H](C)CC[C@H]1C(C)C)c1ccccc1. The van der Waals surface area contributed by atoms with Crippen LogP contribution in [0.25, 0.3) is 0 Å². The van der Waals surface area contributed by atoms with E-state index in [2.05, 4.69) is 33.8 Å². The third-order valence-corrected chi connectivity index (χ3v) is 8.10. The van der Waals surface area contributed by atoms with Gasteiger partial charge in [0.1, 0.15) is 0 Å². The summed E-state index contributed by atoms with van der Waals surface area (Å²) in [5, 5.41) is 0.829. The van der Waals surface area contributed by atoms with E-state index in [4.69, 9.17) is 4.52 Å². The first-order chi connectivity index (χ1) is 13.0. The van der Waals surface area contributed by atoms with Crippen molar-refractivity contribution in [2.24, 2.45) is 17.8 Å². The van der Waals surface area contributed by atoms with Crippen LogP contribution in [0.5, 0.6) is 0 Å². The maximum Gasteiger partial charge on any atom is 0.254 e. The Kier molecular flexibility index (Phi) is 9.33. The fourth-order valence-corrected chi connectivity index (χ4v) is 6.18. The summed E-state index contributed by atoms with van der Waals surface area (Å²) < 4.78 is 20.4. The van der Waals surface area contributed by atoms with Crippen molar-refractivity contribution in [3.63, 3.8) is 0 Å². The van der Waals surface area contributed by atoms with Crippen LogP contribution in [-0.4, -0.2) is 6.10 Å². The van der Waals surface area contributed by atoms with Gasteiger partial charge in [0.15, 0.2) is 0 Å². The average molecular weight is 391 g/mol. The molecule has 0 saturated heterocycles. The Morgan fingerprint density at radius 3 is 2.56 bits per heavy atom.